The summed E-state index contributed by atoms with van der Waals surface area (Å²) in [5, 5.41) is 7.73. The lowest BCUT2D eigenvalue weighted by Gasteiger charge is -2.25. The van der Waals surface area contributed by atoms with Crippen LogP contribution in [0.15, 0.2) is 5.10 Å². The van der Waals surface area contributed by atoms with Gasteiger partial charge in [-0.05, 0) is 45.6 Å². The predicted octanol–water partition coefficient (Wildman–Crippen LogP) is 2.57. The van der Waals surface area contributed by atoms with Crippen molar-refractivity contribution in [3.05, 3.63) is 0 Å². The van der Waals surface area contributed by atoms with Crippen LogP contribution in [0.4, 0.5) is 0 Å². The summed E-state index contributed by atoms with van der Waals surface area (Å²) < 4.78 is 0. The summed E-state index contributed by atoms with van der Waals surface area (Å²) in [6, 6.07) is 0.337. The van der Waals surface area contributed by atoms with Gasteiger partial charge in [0.15, 0.2) is 0 Å². The van der Waals surface area contributed by atoms with E-state index in [1.807, 2.05) is 6.92 Å². The molecule has 1 heterocycles. The molecule has 0 aromatic rings. The zero-order chi connectivity index (χ0) is 13.7. The van der Waals surface area contributed by atoms with Gasteiger partial charge in [-0.1, -0.05) is 28.8 Å². The summed E-state index contributed by atoms with van der Waals surface area (Å²) in [6.45, 7) is 3.05. The van der Waals surface area contributed by atoms with E-state index >= 15 is 0 Å². The highest BCUT2D eigenvalue weighted by Crippen LogP contribution is 2.28. The summed E-state index contributed by atoms with van der Waals surface area (Å²) in [5.74, 6) is 0.202. The summed E-state index contributed by atoms with van der Waals surface area (Å²) >= 11 is 3.61. The molecule has 1 saturated carbocycles. The van der Waals surface area contributed by atoms with Gasteiger partial charge < -0.3 is 5.32 Å². The lowest BCUT2D eigenvalue weighted by Crippen LogP contribution is -2.41. The molecular formula is C14H24BrN3O. The van der Waals surface area contributed by atoms with Gasteiger partial charge in [-0.2, -0.15) is 5.10 Å². The van der Waals surface area contributed by atoms with Gasteiger partial charge >= 0.3 is 0 Å². The van der Waals surface area contributed by atoms with Crippen molar-refractivity contribution in [2.75, 3.05) is 6.54 Å². The summed E-state index contributed by atoms with van der Waals surface area (Å²) in [7, 11) is 0. The Morgan fingerprint density at radius 1 is 1.26 bits per heavy atom. The van der Waals surface area contributed by atoms with Crippen LogP contribution in [0.2, 0.25) is 0 Å². The van der Waals surface area contributed by atoms with Crippen molar-refractivity contribution in [3.63, 3.8) is 0 Å². The molecule has 108 valence electrons. The molecule has 0 bridgehead atoms. The zero-order valence-corrected chi connectivity index (χ0v) is 13.2. The number of alkyl halides is 1. The number of hydrazone groups is 1. The average molecular weight is 330 g/mol. The summed E-state index contributed by atoms with van der Waals surface area (Å²) in [5.41, 5.74) is 3.76. The van der Waals surface area contributed by atoms with Gasteiger partial charge in [0.1, 0.15) is 0 Å². The number of hydrogen-bond donors (Lipinski definition) is 2. The summed E-state index contributed by atoms with van der Waals surface area (Å²) in [6.07, 6.45) is 7.83. The normalized spacial score (nSPS) is 32.9. The molecule has 5 heteroatoms. The highest BCUT2D eigenvalue weighted by atomic mass is 79.9. The third-order valence-electron chi connectivity index (χ3n) is 4.14. The van der Waals surface area contributed by atoms with E-state index in [1.54, 1.807) is 0 Å². The number of halogens is 1. The van der Waals surface area contributed by atoms with Crippen molar-refractivity contribution in [1.29, 1.82) is 0 Å². The Balaban J connectivity index is 1.81. The monoisotopic (exact) mass is 329 g/mol. The Morgan fingerprint density at radius 3 is 2.79 bits per heavy atom. The SMILES string of the molecule is C/C(=N\NC(=O)C1CCCC(Br)C1)C1CCCCN1. The minimum absolute atomic E-state index is 0.0827. The second kappa shape index (κ2) is 7.39. The van der Waals surface area contributed by atoms with Gasteiger partial charge in [0.25, 0.3) is 0 Å². The van der Waals surface area contributed by atoms with Crippen LogP contribution in [0.3, 0.4) is 0 Å². The van der Waals surface area contributed by atoms with E-state index in [1.165, 1.54) is 19.3 Å². The van der Waals surface area contributed by atoms with Crippen molar-refractivity contribution in [3.8, 4) is 0 Å². The molecular weight excluding hydrogens is 306 g/mol. The van der Waals surface area contributed by atoms with Crippen LogP contribution < -0.4 is 10.7 Å². The molecule has 4 nitrogen and oxygen atoms in total. The minimum atomic E-state index is 0.0827. The van der Waals surface area contributed by atoms with Gasteiger partial charge in [-0.3, -0.25) is 4.79 Å². The third kappa shape index (κ3) is 4.56. The van der Waals surface area contributed by atoms with E-state index in [-0.39, 0.29) is 11.8 Å². The fourth-order valence-electron chi connectivity index (χ4n) is 2.89. The van der Waals surface area contributed by atoms with E-state index in [0.29, 0.717) is 10.9 Å². The first-order valence-electron chi connectivity index (χ1n) is 7.38. The molecule has 3 unspecified atom stereocenters. The van der Waals surface area contributed by atoms with E-state index < -0.39 is 0 Å². The first kappa shape index (κ1) is 15.0. The molecule has 3 atom stereocenters. The van der Waals surface area contributed by atoms with Crippen LogP contribution in [-0.4, -0.2) is 29.0 Å². The number of carbonyl (C=O) groups excluding carboxylic acids is 1. The smallest absolute Gasteiger partial charge is 0.243 e. The third-order valence-corrected chi connectivity index (χ3v) is 4.97. The first-order chi connectivity index (χ1) is 9.16. The molecule has 0 spiro atoms. The molecule has 19 heavy (non-hydrogen) atoms. The molecule has 1 aliphatic heterocycles. The highest BCUT2D eigenvalue weighted by Gasteiger charge is 2.26. The van der Waals surface area contributed by atoms with E-state index in [9.17, 15) is 4.79 Å². The molecule has 0 aromatic heterocycles. The first-order valence-corrected chi connectivity index (χ1v) is 8.30. The average Bonchev–Trinajstić information content (AvgIpc) is 2.45. The predicted molar refractivity (Wildman–Crippen MR) is 81.6 cm³/mol. The Kier molecular flexibility index (Phi) is 5.82. The molecule has 2 fully saturated rings. The zero-order valence-electron chi connectivity index (χ0n) is 11.6. The Labute approximate surface area is 123 Å². The number of piperidine rings is 1. The molecule has 1 saturated heterocycles. The van der Waals surface area contributed by atoms with Crippen LogP contribution in [-0.2, 0) is 4.79 Å². The van der Waals surface area contributed by atoms with Crippen LogP contribution >= 0.6 is 15.9 Å². The van der Waals surface area contributed by atoms with Crippen molar-refractivity contribution in [1.82, 2.24) is 10.7 Å². The van der Waals surface area contributed by atoms with Gasteiger partial charge in [0.2, 0.25) is 5.91 Å². The topological polar surface area (TPSA) is 53.5 Å². The molecule has 1 amide bonds. The second-order valence-electron chi connectivity index (χ2n) is 5.69. The fraction of sp³-hybridized carbons (Fsp3) is 0.857. The van der Waals surface area contributed by atoms with Crippen molar-refractivity contribution >= 4 is 27.5 Å². The standard InChI is InChI=1S/C14H24BrN3O/c1-10(13-7-2-3-8-16-13)17-18-14(19)11-5-4-6-12(15)9-11/h11-13,16H,2-9H2,1H3,(H,18,19)/b17-10+. The number of amides is 1. The molecule has 2 N–H and O–H groups in total. The van der Waals surface area contributed by atoms with Crippen LogP contribution in [0.25, 0.3) is 0 Å². The van der Waals surface area contributed by atoms with Gasteiger partial charge in [0.05, 0.1) is 5.71 Å². The number of nitrogens with one attached hydrogen (secondary N) is 2. The molecule has 2 aliphatic rings. The van der Waals surface area contributed by atoms with Crippen molar-refractivity contribution in [2.45, 2.75) is 62.7 Å². The fourth-order valence-corrected chi connectivity index (χ4v) is 3.66. The second-order valence-corrected chi connectivity index (χ2v) is 6.99. The van der Waals surface area contributed by atoms with Crippen LogP contribution in [0.1, 0.15) is 51.9 Å². The quantitative estimate of drug-likeness (QED) is 0.475. The lowest BCUT2D eigenvalue weighted by molar-refractivity contribution is -0.125. The van der Waals surface area contributed by atoms with Crippen molar-refractivity contribution in [2.24, 2.45) is 11.0 Å². The lowest BCUT2D eigenvalue weighted by atomic mass is 9.89. The number of rotatable bonds is 3. The maximum absolute atomic E-state index is 12.1. The van der Waals surface area contributed by atoms with E-state index in [2.05, 4.69) is 31.8 Å². The maximum atomic E-state index is 12.1. The summed E-state index contributed by atoms with van der Waals surface area (Å²) in [4.78, 5) is 12.6. The molecule has 2 rings (SSSR count). The maximum Gasteiger partial charge on any atom is 0.243 e. The van der Waals surface area contributed by atoms with Gasteiger partial charge in [-0.15, -0.1) is 0 Å². The Bertz CT molecular complexity index is 340. The van der Waals surface area contributed by atoms with E-state index in [0.717, 1.165) is 37.9 Å². The number of hydrogen-bond acceptors (Lipinski definition) is 3. The Morgan fingerprint density at radius 2 is 2.11 bits per heavy atom. The van der Waals surface area contributed by atoms with Crippen molar-refractivity contribution < 1.29 is 4.79 Å². The Hall–Kier alpha value is -0.420. The van der Waals surface area contributed by atoms with Gasteiger partial charge in [-0.25, -0.2) is 5.43 Å². The largest absolute Gasteiger partial charge is 0.309 e. The molecule has 1 aliphatic carbocycles. The van der Waals surface area contributed by atoms with Crippen LogP contribution in [0.5, 0.6) is 0 Å². The minimum Gasteiger partial charge on any atom is -0.309 e. The number of carbonyl (C=O) groups is 1. The van der Waals surface area contributed by atoms with Crippen LogP contribution in [0, 0.1) is 5.92 Å². The molecule has 0 aromatic carbocycles. The van der Waals surface area contributed by atoms with Gasteiger partial charge in [0, 0.05) is 16.8 Å². The number of nitrogens with zero attached hydrogens (tertiary/aromatic N) is 1. The van der Waals surface area contributed by atoms with E-state index in [4.69, 9.17) is 0 Å². The highest BCUT2D eigenvalue weighted by molar-refractivity contribution is 9.09. The molecule has 0 radical (unpaired) electrons.